The van der Waals surface area contributed by atoms with E-state index in [1.807, 2.05) is 13.0 Å². The first-order valence-electron chi connectivity index (χ1n) is 5.40. The summed E-state index contributed by atoms with van der Waals surface area (Å²) >= 11 is 12.8. The third-order valence-electron chi connectivity index (χ3n) is 2.39. The molecule has 0 aliphatic rings. The van der Waals surface area contributed by atoms with Crippen molar-refractivity contribution in [3.63, 3.8) is 0 Å². The maximum Gasteiger partial charge on any atom is 0.255 e. The van der Waals surface area contributed by atoms with Crippen LogP contribution in [-0.4, -0.2) is 29.2 Å². The van der Waals surface area contributed by atoms with Crippen molar-refractivity contribution in [2.24, 2.45) is 0 Å². The van der Waals surface area contributed by atoms with Gasteiger partial charge in [-0.3, -0.25) is 4.79 Å². The summed E-state index contributed by atoms with van der Waals surface area (Å²) in [6.07, 6.45) is 0.938. The van der Waals surface area contributed by atoms with Crippen LogP contribution in [0, 0.1) is 0 Å². The normalized spacial score (nSPS) is 10.4. The lowest BCUT2D eigenvalue weighted by Gasteiger charge is -2.21. The van der Waals surface area contributed by atoms with Crippen LogP contribution in [0.4, 0.5) is 0 Å². The van der Waals surface area contributed by atoms with E-state index in [9.17, 15) is 4.79 Å². The number of halogens is 3. The molecule has 0 saturated heterocycles. The van der Waals surface area contributed by atoms with E-state index in [2.05, 4.69) is 31.9 Å². The Labute approximate surface area is 124 Å². The highest BCUT2D eigenvalue weighted by Gasteiger charge is 2.16. The molecule has 0 unspecified atom stereocenters. The summed E-state index contributed by atoms with van der Waals surface area (Å²) in [7, 11) is 0. The minimum atomic E-state index is -0.00838. The van der Waals surface area contributed by atoms with Crippen molar-refractivity contribution in [2.75, 3.05) is 18.4 Å². The number of benzene rings is 1. The Balaban J connectivity index is 2.86. The Hall–Kier alpha value is -0.0600. The van der Waals surface area contributed by atoms with Gasteiger partial charge in [0.05, 0.1) is 10.6 Å². The molecule has 0 radical (unpaired) electrons. The lowest BCUT2D eigenvalue weighted by molar-refractivity contribution is 0.0765. The molecule has 0 heterocycles. The van der Waals surface area contributed by atoms with Gasteiger partial charge in [0.25, 0.3) is 5.91 Å². The Morgan fingerprint density at radius 2 is 2.18 bits per heavy atom. The molecule has 5 heteroatoms. The molecular weight excluding hydrogens is 369 g/mol. The molecular formula is C12H14Br2ClNO. The molecule has 0 fully saturated rings. The van der Waals surface area contributed by atoms with Crippen LogP contribution < -0.4 is 0 Å². The molecule has 0 N–H and O–H groups in total. The monoisotopic (exact) mass is 381 g/mol. The van der Waals surface area contributed by atoms with Crippen molar-refractivity contribution < 1.29 is 4.79 Å². The summed E-state index contributed by atoms with van der Waals surface area (Å²) in [4.78, 5) is 14.0. The fourth-order valence-corrected chi connectivity index (χ4v) is 2.49. The van der Waals surface area contributed by atoms with Crippen LogP contribution >= 0.6 is 43.5 Å². The van der Waals surface area contributed by atoms with Crippen LogP contribution in [0.2, 0.25) is 5.02 Å². The highest BCUT2D eigenvalue weighted by molar-refractivity contribution is 9.10. The van der Waals surface area contributed by atoms with E-state index in [4.69, 9.17) is 11.6 Å². The number of hydrogen-bond donors (Lipinski definition) is 0. The summed E-state index contributed by atoms with van der Waals surface area (Å²) in [6.45, 7) is 3.41. The summed E-state index contributed by atoms with van der Waals surface area (Å²) in [5.74, 6) is -0.00838. The lowest BCUT2D eigenvalue weighted by Crippen LogP contribution is -2.32. The highest BCUT2D eigenvalue weighted by atomic mass is 79.9. The van der Waals surface area contributed by atoms with E-state index in [1.165, 1.54) is 0 Å². The average molecular weight is 384 g/mol. The van der Waals surface area contributed by atoms with E-state index >= 15 is 0 Å². The van der Waals surface area contributed by atoms with Crippen LogP contribution in [0.15, 0.2) is 22.7 Å². The average Bonchev–Trinajstić information content (AvgIpc) is 2.29. The molecule has 1 rings (SSSR count). The molecule has 94 valence electrons. The Kier molecular flexibility index (Phi) is 6.52. The second-order valence-corrected chi connectivity index (χ2v) is 5.67. The fraction of sp³-hybridized carbons (Fsp3) is 0.417. The van der Waals surface area contributed by atoms with Crippen molar-refractivity contribution in [2.45, 2.75) is 13.3 Å². The Morgan fingerprint density at radius 1 is 1.47 bits per heavy atom. The number of amides is 1. The maximum absolute atomic E-state index is 12.2. The van der Waals surface area contributed by atoms with Gasteiger partial charge in [-0.05, 0) is 31.5 Å². The molecule has 17 heavy (non-hydrogen) atoms. The quantitative estimate of drug-likeness (QED) is 0.692. The van der Waals surface area contributed by atoms with Crippen LogP contribution in [0.1, 0.15) is 23.7 Å². The fourth-order valence-electron chi connectivity index (χ4n) is 1.49. The van der Waals surface area contributed by atoms with Crippen molar-refractivity contribution in [1.82, 2.24) is 4.90 Å². The van der Waals surface area contributed by atoms with Gasteiger partial charge in [-0.15, -0.1) is 0 Å². The number of nitrogens with zero attached hydrogens (tertiary/aromatic N) is 1. The zero-order valence-corrected chi connectivity index (χ0v) is 13.5. The molecule has 1 aromatic rings. The maximum atomic E-state index is 12.2. The van der Waals surface area contributed by atoms with Gasteiger partial charge in [0.2, 0.25) is 0 Å². The summed E-state index contributed by atoms with van der Waals surface area (Å²) in [6, 6.07) is 5.33. The largest absolute Gasteiger partial charge is 0.339 e. The van der Waals surface area contributed by atoms with E-state index in [0.29, 0.717) is 17.1 Å². The van der Waals surface area contributed by atoms with Crippen LogP contribution in [0.25, 0.3) is 0 Å². The standard InChI is InChI=1S/C12H14Br2ClNO/c1-2-16(7-3-6-13)12(17)10-5-4-9(14)8-11(10)15/h4-5,8H,2-3,6-7H2,1H3. The minimum absolute atomic E-state index is 0.00838. The summed E-state index contributed by atoms with van der Waals surface area (Å²) in [5.41, 5.74) is 0.561. The van der Waals surface area contributed by atoms with Crippen LogP contribution in [0.3, 0.4) is 0 Å². The van der Waals surface area contributed by atoms with Crippen molar-refractivity contribution in [3.8, 4) is 0 Å². The molecule has 0 bridgehead atoms. The predicted molar refractivity (Wildman–Crippen MR) is 79.1 cm³/mol. The Morgan fingerprint density at radius 3 is 2.71 bits per heavy atom. The zero-order chi connectivity index (χ0) is 12.8. The molecule has 0 aromatic heterocycles. The SMILES string of the molecule is CCN(CCCBr)C(=O)c1ccc(Br)cc1Cl. The first-order chi connectivity index (χ1) is 8.10. The second kappa shape index (κ2) is 7.39. The molecule has 1 aromatic carbocycles. The third-order valence-corrected chi connectivity index (χ3v) is 3.76. The number of carbonyl (C=O) groups excluding carboxylic acids is 1. The number of alkyl halides is 1. The topological polar surface area (TPSA) is 20.3 Å². The van der Waals surface area contributed by atoms with Gasteiger partial charge in [0.15, 0.2) is 0 Å². The van der Waals surface area contributed by atoms with Crippen LogP contribution in [-0.2, 0) is 0 Å². The van der Waals surface area contributed by atoms with Crippen LogP contribution in [0.5, 0.6) is 0 Å². The first-order valence-corrected chi connectivity index (χ1v) is 7.69. The molecule has 0 saturated carbocycles. The van der Waals surface area contributed by atoms with E-state index in [0.717, 1.165) is 22.8 Å². The number of rotatable bonds is 5. The first kappa shape index (κ1) is 15.0. The third kappa shape index (κ3) is 4.27. The van der Waals surface area contributed by atoms with Gasteiger partial charge in [-0.25, -0.2) is 0 Å². The predicted octanol–water partition coefficient (Wildman–Crippen LogP) is 4.35. The van der Waals surface area contributed by atoms with E-state index in [-0.39, 0.29) is 5.91 Å². The number of carbonyl (C=O) groups is 1. The zero-order valence-electron chi connectivity index (χ0n) is 9.55. The van der Waals surface area contributed by atoms with Crippen molar-refractivity contribution in [3.05, 3.63) is 33.3 Å². The van der Waals surface area contributed by atoms with Crippen molar-refractivity contribution in [1.29, 1.82) is 0 Å². The van der Waals surface area contributed by atoms with Gasteiger partial charge >= 0.3 is 0 Å². The molecule has 1 amide bonds. The second-order valence-electron chi connectivity index (χ2n) is 3.55. The van der Waals surface area contributed by atoms with Gasteiger partial charge in [0, 0.05) is 22.9 Å². The molecule has 2 nitrogen and oxygen atoms in total. The molecule has 0 aliphatic carbocycles. The minimum Gasteiger partial charge on any atom is -0.339 e. The molecule has 0 aliphatic heterocycles. The van der Waals surface area contributed by atoms with Gasteiger partial charge in [-0.2, -0.15) is 0 Å². The van der Waals surface area contributed by atoms with E-state index < -0.39 is 0 Å². The molecule has 0 spiro atoms. The lowest BCUT2D eigenvalue weighted by atomic mass is 10.2. The van der Waals surface area contributed by atoms with Crippen molar-refractivity contribution >= 4 is 49.4 Å². The highest BCUT2D eigenvalue weighted by Crippen LogP contribution is 2.22. The number of hydrogen-bond acceptors (Lipinski definition) is 1. The Bertz CT molecular complexity index is 398. The van der Waals surface area contributed by atoms with Gasteiger partial charge in [-0.1, -0.05) is 43.5 Å². The molecule has 0 atom stereocenters. The van der Waals surface area contributed by atoms with Gasteiger partial charge < -0.3 is 4.90 Å². The summed E-state index contributed by atoms with van der Waals surface area (Å²) < 4.78 is 0.877. The smallest absolute Gasteiger partial charge is 0.255 e. The summed E-state index contributed by atoms with van der Waals surface area (Å²) in [5, 5.41) is 1.38. The van der Waals surface area contributed by atoms with Gasteiger partial charge in [0.1, 0.15) is 0 Å². The van der Waals surface area contributed by atoms with E-state index in [1.54, 1.807) is 17.0 Å².